The number of nitrogens with one attached hydrogen (secondary N) is 1. The fraction of sp³-hybridized carbons (Fsp3) is 0.227. The van der Waals surface area contributed by atoms with E-state index in [4.69, 9.17) is 0 Å². The summed E-state index contributed by atoms with van der Waals surface area (Å²) in [5.41, 5.74) is 2.17. The lowest BCUT2D eigenvalue weighted by Gasteiger charge is -2.26. The molecule has 7 nitrogen and oxygen atoms in total. The molecule has 1 heterocycles. The van der Waals surface area contributed by atoms with Crippen LogP contribution in [0.25, 0.3) is 6.08 Å². The van der Waals surface area contributed by atoms with E-state index in [1.807, 2.05) is 32.9 Å². The monoisotopic (exact) mass is 393 g/mol. The molecule has 1 fully saturated rings. The molecule has 0 unspecified atom stereocenters. The largest absolute Gasteiger partial charge is 0.507 e. The number of urea groups is 1. The zero-order valence-corrected chi connectivity index (χ0v) is 16.6. The van der Waals surface area contributed by atoms with Gasteiger partial charge in [-0.05, 0) is 56.7 Å². The van der Waals surface area contributed by atoms with E-state index in [0.717, 1.165) is 29.2 Å². The number of amides is 4. The molecular weight excluding hydrogens is 370 g/mol. The zero-order chi connectivity index (χ0) is 21.1. The standard InChI is InChI=1S/C22H23N3O4/c1-4-24(5-2)16-10-9-15(19(26)13-16)12-18-20(27)23-22(29)25(21(18)28)17-8-6-7-14(3)11-17/h6-13,26H,4-5H2,1-3H3,(H,23,27,29)/b18-12+. The number of carbonyl (C=O) groups is 3. The highest BCUT2D eigenvalue weighted by molar-refractivity contribution is 6.39. The second kappa shape index (κ2) is 8.18. The molecule has 0 radical (unpaired) electrons. The van der Waals surface area contributed by atoms with Crippen molar-refractivity contribution in [1.29, 1.82) is 0 Å². The lowest BCUT2D eigenvalue weighted by Crippen LogP contribution is -2.54. The highest BCUT2D eigenvalue weighted by atomic mass is 16.3. The number of phenolic OH excluding ortho intramolecular Hbond substituents is 1. The average molecular weight is 393 g/mol. The number of rotatable bonds is 5. The Labute approximate surface area is 169 Å². The van der Waals surface area contributed by atoms with Gasteiger partial charge in [0.15, 0.2) is 0 Å². The van der Waals surface area contributed by atoms with Crippen molar-refractivity contribution in [2.75, 3.05) is 22.9 Å². The summed E-state index contributed by atoms with van der Waals surface area (Å²) in [6, 6.07) is 11.1. The minimum atomic E-state index is -0.802. The molecule has 0 saturated carbocycles. The average Bonchev–Trinajstić information content (AvgIpc) is 2.67. The van der Waals surface area contributed by atoms with Crippen molar-refractivity contribution in [3.05, 3.63) is 59.2 Å². The molecule has 0 aliphatic carbocycles. The minimum absolute atomic E-state index is 0.0542. The Hall–Kier alpha value is -3.61. The van der Waals surface area contributed by atoms with Crippen LogP contribution >= 0.6 is 0 Å². The molecule has 0 atom stereocenters. The quantitative estimate of drug-likeness (QED) is 0.601. The molecule has 2 N–H and O–H groups in total. The smallest absolute Gasteiger partial charge is 0.335 e. The third-order valence-electron chi connectivity index (χ3n) is 4.80. The van der Waals surface area contributed by atoms with Crippen LogP contribution in [-0.4, -0.2) is 36.0 Å². The maximum Gasteiger partial charge on any atom is 0.335 e. The van der Waals surface area contributed by atoms with Crippen molar-refractivity contribution >= 4 is 35.3 Å². The third kappa shape index (κ3) is 3.99. The molecule has 0 aromatic heterocycles. The number of hydrogen-bond acceptors (Lipinski definition) is 5. The fourth-order valence-electron chi connectivity index (χ4n) is 3.25. The summed E-state index contributed by atoms with van der Waals surface area (Å²) >= 11 is 0. The molecule has 1 aliphatic rings. The maximum atomic E-state index is 12.9. The number of phenols is 1. The van der Waals surface area contributed by atoms with Gasteiger partial charge in [0.05, 0.1) is 5.69 Å². The summed E-state index contributed by atoms with van der Waals surface area (Å²) in [4.78, 5) is 40.5. The van der Waals surface area contributed by atoms with Crippen LogP contribution in [0.3, 0.4) is 0 Å². The van der Waals surface area contributed by atoms with Crippen LogP contribution in [-0.2, 0) is 9.59 Å². The van der Waals surface area contributed by atoms with Crippen molar-refractivity contribution in [3.8, 4) is 5.75 Å². The predicted octanol–water partition coefficient (Wildman–Crippen LogP) is 3.21. The molecule has 4 amide bonds. The van der Waals surface area contributed by atoms with Crippen LogP contribution in [0.4, 0.5) is 16.2 Å². The number of nitrogens with zero attached hydrogens (tertiary/aromatic N) is 2. The lowest BCUT2D eigenvalue weighted by atomic mass is 10.0. The van der Waals surface area contributed by atoms with Gasteiger partial charge in [-0.25, -0.2) is 9.69 Å². The highest BCUT2D eigenvalue weighted by Crippen LogP contribution is 2.28. The molecular formula is C22H23N3O4. The van der Waals surface area contributed by atoms with Gasteiger partial charge in [0.25, 0.3) is 11.8 Å². The number of imide groups is 2. The first kappa shape index (κ1) is 20.1. The van der Waals surface area contributed by atoms with Crippen LogP contribution in [0.2, 0.25) is 0 Å². The Morgan fingerprint density at radius 2 is 1.79 bits per heavy atom. The van der Waals surface area contributed by atoms with E-state index >= 15 is 0 Å². The minimum Gasteiger partial charge on any atom is -0.507 e. The summed E-state index contributed by atoms with van der Waals surface area (Å²) in [7, 11) is 0. The normalized spacial score (nSPS) is 15.6. The van der Waals surface area contributed by atoms with Crippen molar-refractivity contribution in [1.82, 2.24) is 5.32 Å². The van der Waals surface area contributed by atoms with Crippen molar-refractivity contribution in [2.45, 2.75) is 20.8 Å². The van der Waals surface area contributed by atoms with Gasteiger partial charge in [0, 0.05) is 30.4 Å². The van der Waals surface area contributed by atoms with Crippen LogP contribution in [0.1, 0.15) is 25.0 Å². The molecule has 3 rings (SSSR count). The highest BCUT2D eigenvalue weighted by Gasteiger charge is 2.37. The summed E-state index contributed by atoms with van der Waals surface area (Å²) < 4.78 is 0. The maximum absolute atomic E-state index is 12.9. The van der Waals surface area contributed by atoms with Gasteiger partial charge in [-0.1, -0.05) is 12.1 Å². The first-order chi connectivity index (χ1) is 13.8. The molecule has 0 spiro atoms. The first-order valence-corrected chi connectivity index (χ1v) is 9.41. The van der Waals surface area contributed by atoms with Gasteiger partial charge in [0.2, 0.25) is 0 Å². The molecule has 7 heteroatoms. The SMILES string of the molecule is CCN(CC)c1ccc(/C=C2\C(=O)NC(=O)N(c3cccc(C)c3)C2=O)c(O)c1. The van der Waals surface area contributed by atoms with E-state index < -0.39 is 17.8 Å². The topological polar surface area (TPSA) is 90.0 Å². The molecule has 1 saturated heterocycles. The fourth-order valence-corrected chi connectivity index (χ4v) is 3.25. The van der Waals surface area contributed by atoms with Gasteiger partial charge in [-0.15, -0.1) is 0 Å². The Kier molecular flexibility index (Phi) is 5.68. The van der Waals surface area contributed by atoms with Crippen molar-refractivity contribution < 1.29 is 19.5 Å². The summed E-state index contributed by atoms with van der Waals surface area (Å²) in [6.07, 6.45) is 1.30. The molecule has 2 aromatic rings. The Bertz CT molecular complexity index is 1010. The number of aryl methyl sites for hydroxylation is 1. The van der Waals surface area contributed by atoms with Gasteiger partial charge in [-0.3, -0.25) is 14.9 Å². The van der Waals surface area contributed by atoms with E-state index in [9.17, 15) is 19.5 Å². The molecule has 0 bridgehead atoms. The van der Waals surface area contributed by atoms with Crippen LogP contribution in [0, 0.1) is 6.92 Å². The second-order valence-corrected chi connectivity index (χ2v) is 6.71. The van der Waals surface area contributed by atoms with Gasteiger partial charge in [0.1, 0.15) is 11.3 Å². The predicted molar refractivity (Wildman–Crippen MR) is 112 cm³/mol. The number of carbonyl (C=O) groups excluding carboxylic acids is 3. The summed E-state index contributed by atoms with van der Waals surface area (Å²) in [5.74, 6) is -1.59. The van der Waals surface area contributed by atoms with Crippen LogP contribution < -0.4 is 15.1 Å². The molecule has 1 aliphatic heterocycles. The van der Waals surface area contributed by atoms with E-state index in [-0.39, 0.29) is 11.3 Å². The lowest BCUT2D eigenvalue weighted by molar-refractivity contribution is -0.122. The van der Waals surface area contributed by atoms with Crippen LogP contribution in [0.5, 0.6) is 5.75 Å². The first-order valence-electron chi connectivity index (χ1n) is 9.41. The van der Waals surface area contributed by atoms with Gasteiger partial charge in [-0.2, -0.15) is 0 Å². The Balaban J connectivity index is 1.98. The van der Waals surface area contributed by atoms with Gasteiger partial charge < -0.3 is 10.0 Å². The van der Waals surface area contributed by atoms with Crippen molar-refractivity contribution in [2.24, 2.45) is 0 Å². The zero-order valence-electron chi connectivity index (χ0n) is 16.6. The Morgan fingerprint density at radius 3 is 2.41 bits per heavy atom. The Morgan fingerprint density at radius 1 is 1.07 bits per heavy atom. The number of barbiturate groups is 1. The van der Waals surface area contributed by atoms with Crippen molar-refractivity contribution in [3.63, 3.8) is 0 Å². The molecule has 2 aromatic carbocycles. The second-order valence-electron chi connectivity index (χ2n) is 6.71. The number of anilines is 2. The summed E-state index contributed by atoms with van der Waals surface area (Å²) in [6.45, 7) is 7.43. The molecule has 150 valence electrons. The van der Waals surface area contributed by atoms with Crippen LogP contribution in [0.15, 0.2) is 48.0 Å². The molecule has 29 heavy (non-hydrogen) atoms. The van der Waals surface area contributed by atoms with E-state index in [1.165, 1.54) is 6.08 Å². The number of aromatic hydroxyl groups is 1. The van der Waals surface area contributed by atoms with E-state index in [0.29, 0.717) is 11.3 Å². The summed E-state index contributed by atoms with van der Waals surface area (Å²) in [5, 5.41) is 12.6. The number of benzene rings is 2. The van der Waals surface area contributed by atoms with E-state index in [2.05, 4.69) is 10.2 Å². The van der Waals surface area contributed by atoms with E-state index in [1.54, 1.807) is 30.3 Å². The van der Waals surface area contributed by atoms with Gasteiger partial charge >= 0.3 is 6.03 Å². The number of hydrogen-bond donors (Lipinski definition) is 2. The third-order valence-corrected chi connectivity index (χ3v) is 4.80.